The molecule has 1 aliphatic carbocycles. The lowest BCUT2D eigenvalue weighted by Gasteiger charge is -2.41. The van der Waals surface area contributed by atoms with Gasteiger partial charge < -0.3 is 20.1 Å². The highest BCUT2D eigenvalue weighted by Gasteiger charge is 2.34. The first kappa shape index (κ1) is 20.7. The number of hydrogen-bond donors (Lipinski definition) is 2. The number of aromatic nitrogens is 2. The Hall–Kier alpha value is -2.86. The summed E-state index contributed by atoms with van der Waals surface area (Å²) in [7, 11) is 0. The van der Waals surface area contributed by atoms with Crippen LogP contribution in [0.5, 0.6) is 0 Å². The minimum atomic E-state index is -0.231. The molecule has 6 heteroatoms. The van der Waals surface area contributed by atoms with Gasteiger partial charge in [0.25, 0.3) is 0 Å². The Bertz CT molecular complexity index is 1150. The van der Waals surface area contributed by atoms with Crippen LogP contribution in [0.1, 0.15) is 48.5 Å². The van der Waals surface area contributed by atoms with Gasteiger partial charge in [-0.05, 0) is 55.4 Å². The molecule has 0 unspecified atom stereocenters. The highest BCUT2D eigenvalue weighted by atomic mass is 19.1. The molecule has 3 aliphatic rings. The third kappa shape index (κ3) is 3.90. The molecule has 1 aromatic carbocycles. The van der Waals surface area contributed by atoms with Crippen molar-refractivity contribution < 1.29 is 4.39 Å². The number of likely N-dealkylation sites (tertiary alicyclic amines) is 1. The van der Waals surface area contributed by atoms with E-state index in [2.05, 4.69) is 68.8 Å². The minimum Gasteiger partial charge on any atom is -0.366 e. The number of fused-ring (bicyclic) bond motifs is 3. The van der Waals surface area contributed by atoms with Crippen LogP contribution in [0.2, 0.25) is 0 Å². The molecule has 2 N–H and O–H groups in total. The zero-order valence-corrected chi connectivity index (χ0v) is 19.1. The van der Waals surface area contributed by atoms with E-state index in [0.717, 1.165) is 44.8 Å². The van der Waals surface area contributed by atoms with E-state index in [4.69, 9.17) is 4.98 Å². The molecule has 0 saturated carbocycles. The predicted octanol–water partition coefficient (Wildman–Crippen LogP) is 5.03. The lowest BCUT2D eigenvalue weighted by molar-refractivity contribution is 0.251. The predicted molar refractivity (Wildman–Crippen MR) is 131 cm³/mol. The van der Waals surface area contributed by atoms with Gasteiger partial charge in [-0.15, -0.1) is 0 Å². The number of nitrogens with one attached hydrogen (secondary N) is 2. The molecule has 0 radical (unpaired) electrons. The highest BCUT2D eigenvalue weighted by molar-refractivity contribution is 5.85. The number of alkyl halides is 1. The molecule has 2 aromatic heterocycles. The summed E-state index contributed by atoms with van der Waals surface area (Å²) in [4.78, 5) is 13.5. The van der Waals surface area contributed by atoms with Crippen LogP contribution in [0.25, 0.3) is 10.9 Å². The Morgan fingerprint density at radius 3 is 2.82 bits per heavy atom. The highest BCUT2D eigenvalue weighted by Crippen LogP contribution is 2.42. The second kappa shape index (κ2) is 8.82. The van der Waals surface area contributed by atoms with Gasteiger partial charge in [0.15, 0.2) is 0 Å². The van der Waals surface area contributed by atoms with Crippen molar-refractivity contribution in [1.29, 1.82) is 0 Å². The quantitative estimate of drug-likeness (QED) is 0.535. The molecule has 0 spiro atoms. The van der Waals surface area contributed by atoms with Crippen LogP contribution in [0.4, 0.5) is 10.2 Å². The number of allylic oxidation sites excluding steroid dienone is 2. The number of hydrogen-bond acceptors (Lipinski definition) is 4. The molecular formula is C27H32FN5. The normalized spacial score (nSPS) is 22.8. The molecule has 2 aliphatic heterocycles. The number of anilines is 1. The first-order valence-corrected chi connectivity index (χ1v) is 12.4. The van der Waals surface area contributed by atoms with Gasteiger partial charge in [-0.25, -0.2) is 4.98 Å². The minimum absolute atomic E-state index is 0.178. The standard InChI is InChI=1S/C27H32FN5/c28-13-4-14-32-15-11-20(18-32)30-25-10-9-19(17-29-25)27-26-23(12-16-33(27)21-5-3-6-21)22-7-1-2-8-24(22)31-26/h1-2,5,7-10,17,20,27,31H,3-4,6,11-16,18H2,(H,29,30)/t20-,27+/m0/s1. The lowest BCUT2D eigenvalue weighted by atomic mass is 9.90. The van der Waals surface area contributed by atoms with Gasteiger partial charge in [0, 0.05) is 60.7 Å². The van der Waals surface area contributed by atoms with Crippen molar-refractivity contribution in [3.05, 3.63) is 71.2 Å². The summed E-state index contributed by atoms with van der Waals surface area (Å²) in [6, 6.07) is 13.6. The Morgan fingerprint density at radius 2 is 2.03 bits per heavy atom. The van der Waals surface area contributed by atoms with Crippen molar-refractivity contribution >= 4 is 16.7 Å². The van der Waals surface area contributed by atoms with Crippen LogP contribution in [0.3, 0.4) is 0 Å². The Morgan fingerprint density at radius 1 is 1.12 bits per heavy atom. The summed E-state index contributed by atoms with van der Waals surface area (Å²) in [5.41, 5.74) is 6.69. The molecule has 1 saturated heterocycles. The fourth-order valence-electron chi connectivity index (χ4n) is 5.73. The number of nitrogens with zero attached hydrogens (tertiary/aromatic N) is 3. The molecule has 33 heavy (non-hydrogen) atoms. The molecule has 172 valence electrons. The smallest absolute Gasteiger partial charge is 0.126 e. The van der Waals surface area contributed by atoms with Crippen LogP contribution < -0.4 is 5.32 Å². The maximum absolute atomic E-state index is 12.5. The molecular weight excluding hydrogens is 413 g/mol. The van der Waals surface area contributed by atoms with Gasteiger partial charge in [0.2, 0.25) is 0 Å². The van der Waals surface area contributed by atoms with E-state index in [0.29, 0.717) is 12.5 Å². The fraction of sp³-hybridized carbons (Fsp3) is 0.444. The van der Waals surface area contributed by atoms with Crippen LogP contribution in [-0.4, -0.2) is 58.7 Å². The molecule has 1 fully saturated rings. The van der Waals surface area contributed by atoms with Crippen molar-refractivity contribution in [3.63, 3.8) is 0 Å². The Labute approximate surface area is 194 Å². The van der Waals surface area contributed by atoms with Crippen LogP contribution in [0.15, 0.2) is 54.4 Å². The van der Waals surface area contributed by atoms with Gasteiger partial charge in [0.1, 0.15) is 5.82 Å². The van der Waals surface area contributed by atoms with Crippen LogP contribution in [0, 0.1) is 0 Å². The molecule has 0 amide bonds. The second-order valence-corrected chi connectivity index (χ2v) is 9.59. The molecule has 5 nitrogen and oxygen atoms in total. The summed E-state index contributed by atoms with van der Waals surface area (Å²) in [6.07, 6.45) is 9.56. The van der Waals surface area contributed by atoms with E-state index in [1.165, 1.54) is 46.3 Å². The molecule has 4 heterocycles. The monoisotopic (exact) mass is 445 g/mol. The average Bonchev–Trinajstić information content (AvgIpc) is 3.41. The molecule has 2 atom stereocenters. The van der Waals surface area contributed by atoms with Crippen molar-refractivity contribution in [3.8, 4) is 0 Å². The van der Waals surface area contributed by atoms with Crippen molar-refractivity contribution in [2.75, 3.05) is 38.2 Å². The van der Waals surface area contributed by atoms with Crippen LogP contribution in [-0.2, 0) is 6.42 Å². The average molecular weight is 446 g/mol. The van der Waals surface area contributed by atoms with Gasteiger partial charge in [-0.1, -0.05) is 30.3 Å². The SMILES string of the molecule is FCCCN1CC[C@H](Nc2ccc([C@@H]3c4[nH]c5ccccc5c4CCN3C3=CCC3)cn2)C1. The molecule has 6 rings (SSSR count). The topological polar surface area (TPSA) is 47.2 Å². The van der Waals surface area contributed by atoms with E-state index in [9.17, 15) is 4.39 Å². The van der Waals surface area contributed by atoms with Gasteiger partial charge >= 0.3 is 0 Å². The first-order chi connectivity index (χ1) is 16.3. The van der Waals surface area contributed by atoms with Gasteiger partial charge in [0.05, 0.1) is 12.7 Å². The number of benzene rings is 1. The van der Waals surface area contributed by atoms with E-state index in [1.54, 1.807) is 0 Å². The number of H-pyrrole nitrogens is 1. The van der Waals surface area contributed by atoms with E-state index in [1.807, 2.05) is 0 Å². The number of aromatic amines is 1. The third-order valence-electron chi connectivity index (χ3n) is 7.52. The Balaban J connectivity index is 1.25. The fourth-order valence-corrected chi connectivity index (χ4v) is 5.73. The van der Waals surface area contributed by atoms with Crippen molar-refractivity contribution in [1.82, 2.24) is 19.8 Å². The zero-order valence-electron chi connectivity index (χ0n) is 19.1. The Kier molecular flexibility index (Phi) is 5.54. The summed E-state index contributed by atoms with van der Waals surface area (Å²) >= 11 is 0. The number of pyridine rings is 1. The van der Waals surface area contributed by atoms with Crippen molar-refractivity contribution in [2.24, 2.45) is 0 Å². The number of para-hydroxylation sites is 1. The van der Waals surface area contributed by atoms with E-state index >= 15 is 0 Å². The van der Waals surface area contributed by atoms with E-state index < -0.39 is 0 Å². The number of halogens is 1. The summed E-state index contributed by atoms with van der Waals surface area (Å²) in [5.74, 6) is 0.929. The summed E-state index contributed by atoms with van der Waals surface area (Å²) in [5, 5.41) is 4.95. The molecule has 0 bridgehead atoms. The number of rotatable bonds is 7. The van der Waals surface area contributed by atoms with Crippen LogP contribution >= 0.6 is 0 Å². The van der Waals surface area contributed by atoms with Gasteiger partial charge in [-0.3, -0.25) is 4.39 Å². The van der Waals surface area contributed by atoms with Gasteiger partial charge in [-0.2, -0.15) is 0 Å². The van der Waals surface area contributed by atoms with E-state index in [-0.39, 0.29) is 12.7 Å². The lowest BCUT2D eigenvalue weighted by Crippen LogP contribution is -2.37. The third-order valence-corrected chi connectivity index (χ3v) is 7.52. The molecule has 3 aromatic rings. The zero-order chi connectivity index (χ0) is 22.2. The summed E-state index contributed by atoms with van der Waals surface area (Å²) < 4.78 is 12.5. The largest absolute Gasteiger partial charge is 0.366 e. The second-order valence-electron chi connectivity index (χ2n) is 9.59. The summed E-state index contributed by atoms with van der Waals surface area (Å²) in [6.45, 7) is 3.66. The maximum Gasteiger partial charge on any atom is 0.126 e. The maximum atomic E-state index is 12.5. The first-order valence-electron chi connectivity index (χ1n) is 12.4. The van der Waals surface area contributed by atoms with Crippen molar-refractivity contribution in [2.45, 2.75) is 44.2 Å².